The van der Waals surface area contributed by atoms with Gasteiger partial charge in [-0.15, -0.1) is 0 Å². The lowest BCUT2D eigenvalue weighted by Gasteiger charge is -2.20. The van der Waals surface area contributed by atoms with Crippen molar-refractivity contribution in [2.24, 2.45) is 0 Å². The molecule has 1 aromatic rings. The van der Waals surface area contributed by atoms with Crippen molar-refractivity contribution >= 4 is 39.4 Å². The van der Waals surface area contributed by atoms with E-state index in [1.54, 1.807) is 12.1 Å². The molecule has 1 N–H and O–H groups in total. The van der Waals surface area contributed by atoms with Crippen molar-refractivity contribution in [1.29, 1.82) is 0 Å². The predicted octanol–water partition coefficient (Wildman–Crippen LogP) is 2.28. The second-order valence-corrected chi connectivity index (χ2v) is 5.12. The van der Waals surface area contributed by atoms with Gasteiger partial charge < -0.3 is 14.7 Å². The van der Waals surface area contributed by atoms with E-state index in [1.165, 1.54) is 18.1 Å². The fraction of sp³-hybridized carbons (Fsp3) is 0.333. The lowest BCUT2D eigenvalue weighted by Crippen LogP contribution is -2.38. The van der Waals surface area contributed by atoms with Gasteiger partial charge in [-0.3, -0.25) is 9.59 Å². The summed E-state index contributed by atoms with van der Waals surface area (Å²) in [5.74, 6) is -1.48. The lowest BCUT2D eigenvalue weighted by molar-refractivity contribution is -0.137. The van der Waals surface area contributed by atoms with Crippen molar-refractivity contribution in [2.45, 2.75) is 0 Å². The van der Waals surface area contributed by atoms with Crippen LogP contribution in [0, 0.1) is 0 Å². The Labute approximate surface area is 124 Å². The number of amides is 1. The maximum absolute atomic E-state index is 12.2. The fourth-order valence-corrected chi connectivity index (χ4v) is 2.34. The molecule has 0 heterocycles. The van der Waals surface area contributed by atoms with E-state index < -0.39 is 11.9 Å². The molecule has 104 valence electrons. The summed E-state index contributed by atoms with van der Waals surface area (Å²) in [6.45, 7) is 0.0822. The first-order valence-corrected chi connectivity index (χ1v) is 6.57. The van der Waals surface area contributed by atoms with Gasteiger partial charge in [0.1, 0.15) is 6.54 Å². The number of methoxy groups -OCH3 is 1. The number of carboxylic acids is 1. The van der Waals surface area contributed by atoms with Crippen molar-refractivity contribution < 1.29 is 19.4 Å². The maximum Gasteiger partial charge on any atom is 0.323 e. The Morgan fingerprint density at radius 3 is 2.63 bits per heavy atom. The monoisotopic (exact) mass is 349 g/mol. The van der Waals surface area contributed by atoms with Gasteiger partial charge in [0.25, 0.3) is 5.91 Å². The standard InChI is InChI=1S/C12H13BrClNO4/c1-19-3-2-15(7-11(16)17)12(18)8-4-9(13)6-10(14)5-8/h4-6H,2-3,7H2,1H3,(H,16,17). The maximum atomic E-state index is 12.2. The van der Waals surface area contributed by atoms with Crippen LogP contribution in [0.2, 0.25) is 5.02 Å². The highest BCUT2D eigenvalue weighted by molar-refractivity contribution is 9.10. The molecular formula is C12H13BrClNO4. The molecule has 0 saturated heterocycles. The summed E-state index contributed by atoms with van der Waals surface area (Å²) < 4.78 is 5.52. The van der Waals surface area contributed by atoms with Gasteiger partial charge in [-0.2, -0.15) is 0 Å². The van der Waals surface area contributed by atoms with Gasteiger partial charge in [0.05, 0.1) is 6.61 Å². The number of rotatable bonds is 6. The number of benzene rings is 1. The molecule has 1 amide bonds. The fourth-order valence-electron chi connectivity index (χ4n) is 1.48. The number of carbonyl (C=O) groups excluding carboxylic acids is 1. The van der Waals surface area contributed by atoms with Crippen LogP contribution < -0.4 is 0 Å². The summed E-state index contributed by atoms with van der Waals surface area (Å²) in [6.07, 6.45) is 0. The Kier molecular flexibility index (Phi) is 6.27. The van der Waals surface area contributed by atoms with E-state index in [1.807, 2.05) is 0 Å². The highest BCUT2D eigenvalue weighted by Gasteiger charge is 2.19. The average molecular weight is 351 g/mol. The molecule has 0 aliphatic carbocycles. The van der Waals surface area contributed by atoms with E-state index in [0.717, 1.165) is 0 Å². The molecule has 1 aromatic carbocycles. The summed E-state index contributed by atoms with van der Waals surface area (Å²) in [5.41, 5.74) is 0.330. The van der Waals surface area contributed by atoms with Crippen LogP contribution in [0.25, 0.3) is 0 Å². The Morgan fingerprint density at radius 1 is 1.42 bits per heavy atom. The highest BCUT2D eigenvalue weighted by atomic mass is 79.9. The number of hydrogen-bond acceptors (Lipinski definition) is 3. The number of halogens is 2. The molecule has 0 bridgehead atoms. The summed E-state index contributed by atoms with van der Waals surface area (Å²) in [7, 11) is 1.49. The van der Waals surface area contributed by atoms with E-state index in [2.05, 4.69) is 15.9 Å². The number of aliphatic carboxylic acids is 1. The van der Waals surface area contributed by atoms with E-state index in [9.17, 15) is 9.59 Å². The van der Waals surface area contributed by atoms with Crippen molar-refractivity contribution in [1.82, 2.24) is 4.90 Å². The van der Waals surface area contributed by atoms with Gasteiger partial charge in [0, 0.05) is 28.7 Å². The van der Waals surface area contributed by atoms with Crippen LogP contribution >= 0.6 is 27.5 Å². The van der Waals surface area contributed by atoms with Gasteiger partial charge in [-0.25, -0.2) is 0 Å². The van der Waals surface area contributed by atoms with Crippen LogP contribution in [0.15, 0.2) is 22.7 Å². The zero-order valence-electron chi connectivity index (χ0n) is 10.2. The van der Waals surface area contributed by atoms with Gasteiger partial charge in [-0.1, -0.05) is 27.5 Å². The number of ether oxygens (including phenoxy) is 1. The van der Waals surface area contributed by atoms with Crippen LogP contribution in [-0.2, 0) is 9.53 Å². The summed E-state index contributed by atoms with van der Waals surface area (Å²) in [5, 5.41) is 9.22. The quantitative estimate of drug-likeness (QED) is 0.855. The summed E-state index contributed by atoms with van der Waals surface area (Å²) in [4.78, 5) is 24.2. The minimum atomic E-state index is -1.08. The molecule has 7 heteroatoms. The van der Waals surface area contributed by atoms with Crippen molar-refractivity contribution in [3.63, 3.8) is 0 Å². The summed E-state index contributed by atoms with van der Waals surface area (Å²) >= 11 is 9.10. The van der Waals surface area contributed by atoms with Crippen molar-refractivity contribution in [3.05, 3.63) is 33.3 Å². The summed E-state index contributed by atoms with van der Waals surface area (Å²) in [6, 6.07) is 4.74. The minimum absolute atomic E-state index is 0.200. The molecule has 19 heavy (non-hydrogen) atoms. The van der Waals surface area contributed by atoms with Gasteiger partial charge >= 0.3 is 5.97 Å². The minimum Gasteiger partial charge on any atom is -0.480 e. The molecule has 0 spiro atoms. The van der Waals surface area contributed by atoms with E-state index in [4.69, 9.17) is 21.4 Å². The number of hydrogen-bond donors (Lipinski definition) is 1. The first kappa shape index (κ1) is 15.9. The molecular weight excluding hydrogens is 337 g/mol. The molecule has 0 aliphatic rings. The van der Waals surface area contributed by atoms with Crippen molar-refractivity contribution in [3.8, 4) is 0 Å². The number of carbonyl (C=O) groups is 2. The molecule has 0 radical (unpaired) electrons. The zero-order chi connectivity index (χ0) is 14.4. The largest absolute Gasteiger partial charge is 0.480 e. The Balaban J connectivity index is 2.93. The topological polar surface area (TPSA) is 66.8 Å². The van der Waals surface area contributed by atoms with E-state index in [-0.39, 0.29) is 19.7 Å². The third-order valence-corrected chi connectivity index (χ3v) is 2.96. The molecule has 0 aromatic heterocycles. The third-order valence-electron chi connectivity index (χ3n) is 2.29. The second kappa shape index (κ2) is 7.47. The van der Waals surface area contributed by atoms with Gasteiger partial charge in [0.2, 0.25) is 0 Å². The molecule has 0 aliphatic heterocycles. The Morgan fingerprint density at radius 2 is 2.11 bits per heavy atom. The Bertz CT molecular complexity index is 461. The first-order chi connectivity index (χ1) is 8.93. The molecule has 0 atom stereocenters. The van der Waals surface area contributed by atoms with Crippen LogP contribution in [0.4, 0.5) is 0 Å². The third kappa shape index (κ3) is 5.18. The van der Waals surface area contributed by atoms with Gasteiger partial charge in [-0.05, 0) is 18.2 Å². The molecule has 1 rings (SSSR count). The van der Waals surface area contributed by atoms with E-state index in [0.29, 0.717) is 15.1 Å². The molecule has 0 saturated carbocycles. The van der Waals surface area contributed by atoms with Crippen LogP contribution in [-0.4, -0.2) is 48.7 Å². The average Bonchev–Trinajstić information content (AvgIpc) is 2.32. The number of nitrogens with zero attached hydrogens (tertiary/aromatic N) is 1. The van der Waals surface area contributed by atoms with E-state index >= 15 is 0 Å². The molecule has 0 fully saturated rings. The van der Waals surface area contributed by atoms with Crippen molar-refractivity contribution in [2.75, 3.05) is 26.8 Å². The highest BCUT2D eigenvalue weighted by Crippen LogP contribution is 2.20. The SMILES string of the molecule is COCCN(CC(=O)O)C(=O)c1cc(Cl)cc(Br)c1. The smallest absolute Gasteiger partial charge is 0.323 e. The first-order valence-electron chi connectivity index (χ1n) is 5.40. The Hall–Kier alpha value is -1.11. The van der Waals surface area contributed by atoms with Gasteiger partial charge in [0.15, 0.2) is 0 Å². The normalized spacial score (nSPS) is 10.3. The number of carboxylic acid groups (broad SMARTS) is 1. The second-order valence-electron chi connectivity index (χ2n) is 3.77. The van der Waals surface area contributed by atoms with Crippen LogP contribution in [0.3, 0.4) is 0 Å². The van der Waals surface area contributed by atoms with Crippen LogP contribution in [0.5, 0.6) is 0 Å². The van der Waals surface area contributed by atoms with Crippen LogP contribution in [0.1, 0.15) is 10.4 Å². The predicted molar refractivity (Wildman–Crippen MR) is 74.6 cm³/mol. The lowest BCUT2D eigenvalue weighted by atomic mass is 10.2. The molecule has 0 unspecified atom stereocenters. The zero-order valence-corrected chi connectivity index (χ0v) is 12.6. The molecule has 5 nitrogen and oxygen atoms in total.